The van der Waals surface area contributed by atoms with Crippen molar-refractivity contribution in [3.8, 4) is 54.6 Å². The number of nitriles is 9. The molecule has 0 amide bonds. The minimum Gasteiger partial charge on any atom is -0.192 e. The van der Waals surface area contributed by atoms with Gasteiger partial charge in [-0.15, -0.1) is 0 Å². The summed E-state index contributed by atoms with van der Waals surface area (Å²) in [6.07, 6.45) is -36.6. The van der Waals surface area contributed by atoms with E-state index in [-0.39, 0.29) is 0 Å². The Morgan fingerprint density at radius 1 is 0.273 bits per heavy atom. The van der Waals surface area contributed by atoms with Crippen molar-refractivity contribution >= 4 is 16.7 Å². The van der Waals surface area contributed by atoms with Crippen LogP contribution in [0.1, 0.15) is 83.5 Å². The molecule has 0 atom stereocenters. The van der Waals surface area contributed by atoms with Crippen LogP contribution in [-0.4, -0.2) is 0 Å². The first kappa shape index (κ1) is 49.7. The molecule has 9 nitrogen and oxygen atoms in total. The lowest BCUT2D eigenvalue weighted by Gasteiger charge is -2.19. The number of benzene rings is 3. The molecule has 0 aliphatic heterocycles. The first-order valence-corrected chi connectivity index (χ1v) is 16.1. The van der Waals surface area contributed by atoms with E-state index in [0.29, 0.717) is 0 Å². The number of nitrogens with zero attached hydrogens (tertiary/aromatic N) is 9. The van der Waals surface area contributed by atoms with Gasteiger partial charge in [-0.05, 0) is 18.2 Å². The molecule has 1 fully saturated rings. The first-order chi connectivity index (χ1) is 30.2. The molecule has 1 aliphatic carbocycles. The molecule has 0 radical (unpaired) electrons. The van der Waals surface area contributed by atoms with Gasteiger partial charge >= 0.3 is 37.1 Å². The molecule has 27 heteroatoms. The summed E-state index contributed by atoms with van der Waals surface area (Å²) in [5, 5.41) is 89.5. The molecule has 1 aliphatic rings. The van der Waals surface area contributed by atoms with E-state index in [1.165, 1.54) is 0 Å². The van der Waals surface area contributed by atoms with Crippen molar-refractivity contribution in [3.05, 3.63) is 118 Å². The Morgan fingerprint density at radius 3 is 0.561 bits per heavy atom. The first-order valence-electron chi connectivity index (χ1n) is 16.1. The van der Waals surface area contributed by atoms with Gasteiger partial charge in [0.2, 0.25) is 0 Å². The fourth-order valence-electron chi connectivity index (χ4n) is 6.50. The molecule has 0 aromatic heterocycles. The van der Waals surface area contributed by atoms with Crippen molar-refractivity contribution in [3.63, 3.8) is 0 Å². The highest BCUT2D eigenvalue weighted by atomic mass is 19.4. The average Bonchev–Trinajstić information content (AvgIpc) is 3.91. The lowest BCUT2D eigenvalue weighted by molar-refractivity contribution is -0.144. The van der Waals surface area contributed by atoms with Gasteiger partial charge in [0, 0.05) is 33.4 Å². The predicted octanol–water partition coefficient (Wildman–Crippen LogP) is 11.3. The van der Waals surface area contributed by atoms with Crippen LogP contribution in [0.2, 0.25) is 0 Å². The SMILES string of the molecule is N#CC(=C1C(=C(C#N)c2c(C(F)(F)F)cc(C(F)(F)F)c(C#N)c2C#N)C1=C(C#N)c1c(C(F)(F)F)cc(C(F)(F)F)c(C#N)c1C#N)c1c(C(F)(F)F)cc(C(F)(F)F)c(C#N)c1C#N. The lowest BCUT2D eigenvalue weighted by atomic mass is 9.86. The Hall–Kier alpha value is -8.97. The van der Waals surface area contributed by atoms with E-state index in [4.69, 9.17) is 0 Å². The predicted molar refractivity (Wildman–Crippen MR) is 175 cm³/mol. The molecule has 4 rings (SSSR count). The van der Waals surface area contributed by atoms with Gasteiger partial charge in [-0.25, -0.2) is 0 Å². The maximum Gasteiger partial charge on any atom is 0.417 e. The minimum atomic E-state index is -6.24. The molecule has 0 bridgehead atoms. The molecule has 0 N–H and O–H groups in total. The van der Waals surface area contributed by atoms with Crippen LogP contribution in [0, 0.1) is 102 Å². The van der Waals surface area contributed by atoms with Crippen LogP contribution in [0.5, 0.6) is 0 Å². The third kappa shape index (κ3) is 8.31. The van der Waals surface area contributed by atoms with Crippen LogP contribution < -0.4 is 0 Å². The van der Waals surface area contributed by atoms with Gasteiger partial charge < -0.3 is 0 Å². The van der Waals surface area contributed by atoms with E-state index in [0.717, 1.165) is 54.6 Å². The Morgan fingerprint density at radius 2 is 0.439 bits per heavy atom. The van der Waals surface area contributed by atoms with E-state index in [2.05, 4.69) is 0 Å². The van der Waals surface area contributed by atoms with Gasteiger partial charge in [0.25, 0.3) is 0 Å². The number of halogens is 18. The summed E-state index contributed by atoms with van der Waals surface area (Å²) < 4.78 is 259. The van der Waals surface area contributed by atoms with Crippen molar-refractivity contribution in [2.24, 2.45) is 0 Å². The van der Waals surface area contributed by atoms with E-state index in [1.807, 2.05) is 0 Å². The zero-order valence-corrected chi connectivity index (χ0v) is 30.6. The highest BCUT2D eigenvalue weighted by Gasteiger charge is 2.51. The van der Waals surface area contributed by atoms with Crippen molar-refractivity contribution in [2.75, 3.05) is 0 Å². The van der Waals surface area contributed by atoms with Crippen LogP contribution in [0.15, 0.2) is 34.9 Å². The van der Waals surface area contributed by atoms with Crippen LogP contribution in [0.3, 0.4) is 0 Å². The minimum absolute atomic E-state index is 0.722. The molecule has 0 spiro atoms. The largest absolute Gasteiger partial charge is 0.417 e. The molecule has 1 saturated carbocycles. The normalized spacial score (nSPS) is 12.8. The third-order valence-corrected chi connectivity index (χ3v) is 9.01. The average molecular weight is 939 g/mol. The summed E-state index contributed by atoms with van der Waals surface area (Å²) in [7, 11) is 0. The van der Waals surface area contributed by atoms with Gasteiger partial charge in [-0.1, -0.05) is 0 Å². The number of hydrogen-bond acceptors (Lipinski definition) is 9. The van der Waals surface area contributed by atoms with Gasteiger partial charge in [-0.2, -0.15) is 126 Å². The summed E-state index contributed by atoms with van der Waals surface area (Å²) in [4.78, 5) is 0. The standard InChI is InChI=1S/C39H3F18N9/c40-34(41,42)22-1-25(37(49,50)51)28(16(7-61)13(22)4-58)19(10-64)31-32(20(11-65)29-17(8-62)14(5-59)23(35(43,44)45)2-26(29)38(52,53)54)33(31)21(12-66)30-18(9-63)15(6-60)24(36(46,47)48)3-27(30)39(55,56)57/h1-3H. The molecule has 0 heterocycles. The lowest BCUT2D eigenvalue weighted by Crippen LogP contribution is -2.18. The second-order valence-electron chi connectivity index (χ2n) is 12.5. The van der Waals surface area contributed by atoms with Crippen LogP contribution in [0.25, 0.3) is 16.7 Å². The maximum atomic E-state index is 14.7. The molecule has 3 aromatic rings. The van der Waals surface area contributed by atoms with Crippen molar-refractivity contribution in [1.82, 2.24) is 0 Å². The van der Waals surface area contributed by atoms with Gasteiger partial charge in [0.15, 0.2) is 0 Å². The topological polar surface area (TPSA) is 214 Å². The van der Waals surface area contributed by atoms with E-state index >= 15 is 0 Å². The zero-order valence-electron chi connectivity index (χ0n) is 30.6. The monoisotopic (exact) mass is 939 g/mol. The highest BCUT2D eigenvalue weighted by Crippen LogP contribution is 2.60. The molecular formula is C39H3F18N9. The Labute approximate surface area is 353 Å². The van der Waals surface area contributed by atoms with Crippen molar-refractivity contribution in [2.45, 2.75) is 37.1 Å². The van der Waals surface area contributed by atoms with Gasteiger partial charge in [0.1, 0.15) is 54.6 Å². The summed E-state index contributed by atoms with van der Waals surface area (Å²) >= 11 is 0. The van der Waals surface area contributed by atoms with Gasteiger partial charge in [-0.3, -0.25) is 0 Å². The Balaban J connectivity index is 2.66. The van der Waals surface area contributed by atoms with Crippen LogP contribution in [0.4, 0.5) is 79.0 Å². The summed E-state index contributed by atoms with van der Waals surface area (Å²) in [5.41, 5.74) is -46.9. The van der Waals surface area contributed by atoms with Crippen molar-refractivity contribution < 1.29 is 79.0 Å². The second kappa shape index (κ2) is 16.3. The number of rotatable bonds is 3. The molecule has 330 valence electrons. The fraction of sp³-hybridized carbons (Fsp3) is 0.154. The second-order valence-corrected chi connectivity index (χ2v) is 12.5. The van der Waals surface area contributed by atoms with E-state index in [9.17, 15) is 126 Å². The quantitative estimate of drug-likeness (QED) is 0.180. The third-order valence-electron chi connectivity index (χ3n) is 9.01. The molecule has 0 unspecified atom stereocenters. The summed E-state index contributed by atoms with van der Waals surface area (Å²) in [5.74, 6) is 0. The Bertz CT molecular complexity index is 2840. The smallest absolute Gasteiger partial charge is 0.192 e. The van der Waals surface area contributed by atoms with Crippen LogP contribution in [-0.2, 0) is 37.1 Å². The zero-order chi connectivity index (χ0) is 50.6. The Kier molecular flexibility index (Phi) is 12.3. The molecule has 3 aromatic carbocycles. The summed E-state index contributed by atoms with van der Waals surface area (Å²) in [6.45, 7) is 0. The fourth-order valence-corrected chi connectivity index (χ4v) is 6.50. The molecular weight excluding hydrogens is 936 g/mol. The number of hydrogen-bond donors (Lipinski definition) is 0. The molecule has 66 heavy (non-hydrogen) atoms. The van der Waals surface area contributed by atoms with Crippen LogP contribution >= 0.6 is 0 Å². The molecule has 0 saturated heterocycles. The number of alkyl halides is 18. The van der Waals surface area contributed by atoms with Crippen molar-refractivity contribution in [1.29, 1.82) is 47.4 Å². The maximum absolute atomic E-state index is 14.7. The van der Waals surface area contributed by atoms with Gasteiger partial charge in [0.05, 0.1) is 83.5 Å². The summed E-state index contributed by atoms with van der Waals surface area (Å²) in [6, 6.07) is 4.13. The number of allylic oxidation sites excluding steroid dienone is 6. The van der Waals surface area contributed by atoms with E-state index < -0.39 is 172 Å². The highest BCUT2D eigenvalue weighted by molar-refractivity contribution is 6.14. The van der Waals surface area contributed by atoms with E-state index in [1.54, 1.807) is 0 Å².